The van der Waals surface area contributed by atoms with E-state index in [9.17, 15) is 0 Å². The van der Waals surface area contributed by atoms with Crippen LogP contribution in [-0.2, 0) is 6.54 Å². The van der Waals surface area contributed by atoms with E-state index in [1.165, 1.54) is 0 Å². The van der Waals surface area contributed by atoms with Crippen molar-refractivity contribution in [2.45, 2.75) is 44.3 Å². The van der Waals surface area contributed by atoms with Crippen LogP contribution in [0.1, 0.15) is 44.2 Å². The van der Waals surface area contributed by atoms with Gasteiger partial charge in [0.1, 0.15) is 11.6 Å². The molecule has 2 rings (SSSR count). The predicted molar refractivity (Wildman–Crippen MR) is 77.5 cm³/mol. The molecule has 2 aromatic heterocycles. The highest BCUT2D eigenvalue weighted by atomic mass is 32.2. The molecule has 0 saturated carbocycles. The van der Waals surface area contributed by atoms with Crippen LogP contribution in [0.4, 0.5) is 0 Å². The number of furan rings is 1. The number of nitriles is 1. The average molecular weight is 290 g/mol. The lowest BCUT2D eigenvalue weighted by molar-refractivity contribution is 0.475. The first kappa shape index (κ1) is 14.7. The molecule has 0 spiro atoms. The van der Waals surface area contributed by atoms with E-state index in [0.717, 1.165) is 28.9 Å². The molecule has 20 heavy (non-hydrogen) atoms. The molecule has 0 aliphatic rings. The molecular weight excluding hydrogens is 272 g/mol. The average Bonchev–Trinajstić information content (AvgIpc) is 3.05. The molecule has 0 unspecified atom stereocenters. The summed E-state index contributed by atoms with van der Waals surface area (Å²) in [6, 6.07) is 5.99. The Labute approximate surface area is 123 Å². The highest BCUT2D eigenvalue weighted by molar-refractivity contribution is 7.99. The maximum atomic E-state index is 8.56. The molecule has 0 bridgehead atoms. The van der Waals surface area contributed by atoms with E-state index in [0.29, 0.717) is 18.9 Å². The van der Waals surface area contributed by atoms with Crippen molar-refractivity contribution in [3.05, 3.63) is 30.0 Å². The van der Waals surface area contributed by atoms with Crippen LogP contribution >= 0.6 is 11.8 Å². The Kier molecular flexibility index (Phi) is 5.24. The van der Waals surface area contributed by atoms with Crippen molar-refractivity contribution in [3.8, 4) is 6.07 Å². The molecule has 0 fully saturated rings. The minimum atomic E-state index is 0.311. The first-order chi connectivity index (χ1) is 9.72. The summed E-state index contributed by atoms with van der Waals surface area (Å²) in [6.45, 7) is 4.85. The fourth-order valence-electron chi connectivity index (χ4n) is 1.86. The number of hydrogen-bond acceptors (Lipinski definition) is 5. The molecule has 0 radical (unpaired) electrons. The van der Waals surface area contributed by atoms with Gasteiger partial charge in [-0.2, -0.15) is 5.26 Å². The van der Waals surface area contributed by atoms with Crippen molar-refractivity contribution in [2.75, 3.05) is 5.75 Å². The van der Waals surface area contributed by atoms with Gasteiger partial charge in [0.25, 0.3) is 0 Å². The third-order valence-corrected chi connectivity index (χ3v) is 3.87. The molecular formula is C14H18N4OS. The molecule has 0 N–H and O–H groups in total. The predicted octanol–water partition coefficient (Wildman–Crippen LogP) is 3.44. The van der Waals surface area contributed by atoms with Gasteiger partial charge in [0.05, 0.1) is 18.9 Å². The summed E-state index contributed by atoms with van der Waals surface area (Å²) in [5.41, 5.74) is 0. The number of nitrogens with zero attached hydrogens (tertiary/aromatic N) is 4. The van der Waals surface area contributed by atoms with E-state index in [1.807, 2.05) is 12.1 Å². The summed E-state index contributed by atoms with van der Waals surface area (Å²) >= 11 is 1.64. The molecule has 5 nitrogen and oxygen atoms in total. The van der Waals surface area contributed by atoms with Crippen LogP contribution in [0.3, 0.4) is 0 Å². The summed E-state index contributed by atoms with van der Waals surface area (Å²) in [4.78, 5) is 0. The Morgan fingerprint density at radius 2 is 2.30 bits per heavy atom. The van der Waals surface area contributed by atoms with Crippen LogP contribution in [0, 0.1) is 11.3 Å². The van der Waals surface area contributed by atoms with Crippen LogP contribution in [0.25, 0.3) is 0 Å². The van der Waals surface area contributed by atoms with Crippen molar-refractivity contribution in [1.29, 1.82) is 5.26 Å². The van der Waals surface area contributed by atoms with Gasteiger partial charge in [-0.25, -0.2) is 0 Å². The quantitative estimate of drug-likeness (QED) is 0.577. The van der Waals surface area contributed by atoms with Gasteiger partial charge in [0.15, 0.2) is 5.16 Å². The van der Waals surface area contributed by atoms with Crippen LogP contribution < -0.4 is 0 Å². The molecule has 0 atom stereocenters. The molecule has 6 heteroatoms. The highest BCUT2D eigenvalue weighted by Crippen LogP contribution is 2.23. The first-order valence-electron chi connectivity index (χ1n) is 6.67. The van der Waals surface area contributed by atoms with E-state index in [1.54, 1.807) is 18.0 Å². The van der Waals surface area contributed by atoms with Gasteiger partial charge in [-0.15, -0.1) is 10.2 Å². The van der Waals surface area contributed by atoms with Crippen LogP contribution in [0.5, 0.6) is 0 Å². The molecule has 0 saturated heterocycles. The maximum absolute atomic E-state index is 8.56. The van der Waals surface area contributed by atoms with E-state index < -0.39 is 0 Å². The molecule has 106 valence electrons. The largest absolute Gasteiger partial charge is 0.467 e. The van der Waals surface area contributed by atoms with Gasteiger partial charge in [0, 0.05) is 18.1 Å². The minimum absolute atomic E-state index is 0.311. The smallest absolute Gasteiger partial charge is 0.191 e. The lowest BCUT2D eigenvalue weighted by atomic mass is 10.2. The van der Waals surface area contributed by atoms with Gasteiger partial charge >= 0.3 is 0 Å². The highest BCUT2D eigenvalue weighted by Gasteiger charge is 2.16. The van der Waals surface area contributed by atoms with Crippen molar-refractivity contribution in [1.82, 2.24) is 14.8 Å². The fraction of sp³-hybridized carbons (Fsp3) is 0.500. The molecule has 2 aromatic rings. The monoisotopic (exact) mass is 290 g/mol. The number of unbranched alkanes of at least 4 members (excludes halogenated alkanes) is 1. The number of hydrogen-bond donors (Lipinski definition) is 0. The Morgan fingerprint density at radius 3 is 2.95 bits per heavy atom. The molecule has 0 aromatic carbocycles. The van der Waals surface area contributed by atoms with Gasteiger partial charge in [-0.05, 0) is 18.6 Å². The van der Waals surface area contributed by atoms with Crippen molar-refractivity contribution in [3.63, 3.8) is 0 Å². The fourth-order valence-corrected chi connectivity index (χ4v) is 2.74. The minimum Gasteiger partial charge on any atom is -0.467 e. The van der Waals surface area contributed by atoms with Crippen LogP contribution in [0.2, 0.25) is 0 Å². The standard InChI is InChI=1S/C14H18N4OS/c1-11(2)13-16-17-14(20-9-4-3-7-15)18(13)10-12-6-5-8-19-12/h5-6,8,11H,3-4,9-10H2,1-2H3. The van der Waals surface area contributed by atoms with Gasteiger partial charge < -0.3 is 4.42 Å². The van der Waals surface area contributed by atoms with Crippen molar-refractivity contribution in [2.24, 2.45) is 0 Å². The third-order valence-electron chi connectivity index (χ3n) is 2.82. The van der Waals surface area contributed by atoms with Crippen molar-refractivity contribution >= 4 is 11.8 Å². The SMILES string of the molecule is CC(C)c1nnc(SCCCC#N)n1Cc1ccco1. The third kappa shape index (κ3) is 3.64. The van der Waals surface area contributed by atoms with E-state index in [4.69, 9.17) is 9.68 Å². The summed E-state index contributed by atoms with van der Waals surface area (Å²) in [5.74, 6) is 3.04. The normalized spacial score (nSPS) is 10.9. The van der Waals surface area contributed by atoms with E-state index >= 15 is 0 Å². The topological polar surface area (TPSA) is 67.6 Å². The second-order valence-corrected chi connectivity index (χ2v) is 5.83. The van der Waals surface area contributed by atoms with Crippen molar-refractivity contribution < 1.29 is 4.42 Å². The summed E-state index contributed by atoms with van der Waals surface area (Å²) < 4.78 is 7.51. The molecule has 0 aliphatic heterocycles. The zero-order chi connectivity index (χ0) is 14.4. The Morgan fingerprint density at radius 1 is 1.45 bits per heavy atom. The number of thioether (sulfide) groups is 1. The molecule has 0 aliphatic carbocycles. The zero-order valence-electron chi connectivity index (χ0n) is 11.7. The van der Waals surface area contributed by atoms with Gasteiger partial charge in [-0.3, -0.25) is 4.57 Å². The Bertz CT molecular complexity index is 569. The Hall–Kier alpha value is -1.74. The molecule has 0 amide bonds. The lowest BCUT2D eigenvalue weighted by Gasteiger charge is -2.10. The maximum Gasteiger partial charge on any atom is 0.191 e. The summed E-state index contributed by atoms with van der Waals surface area (Å²) in [6.07, 6.45) is 3.12. The van der Waals surface area contributed by atoms with Crippen LogP contribution in [-0.4, -0.2) is 20.5 Å². The lowest BCUT2D eigenvalue weighted by Crippen LogP contribution is -2.07. The second-order valence-electron chi connectivity index (χ2n) is 4.77. The number of rotatable bonds is 7. The summed E-state index contributed by atoms with van der Waals surface area (Å²) in [5, 5.41) is 18.0. The number of aromatic nitrogens is 3. The zero-order valence-corrected chi connectivity index (χ0v) is 12.6. The Balaban J connectivity index is 2.12. The van der Waals surface area contributed by atoms with E-state index in [-0.39, 0.29) is 0 Å². The van der Waals surface area contributed by atoms with Gasteiger partial charge in [0.2, 0.25) is 0 Å². The first-order valence-corrected chi connectivity index (χ1v) is 7.66. The molecule has 2 heterocycles. The second kappa shape index (κ2) is 7.15. The van der Waals surface area contributed by atoms with E-state index in [2.05, 4.69) is 34.7 Å². The van der Waals surface area contributed by atoms with Gasteiger partial charge in [-0.1, -0.05) is 25.6 Å². The summed E-state index contributed by atoms with van der Waals surface area (Å²) in [7, 11) is 0. The van der Waals surface area contributed by atoms with Crippen LogP contribution in [0.15, 0.2) is 28.0 Å².